The van der Waals surface area contributed by atoms with E-state index in [4.69, 9.17) is 4.74 Å². The summed E-state index contributed by atoms with van der Waals surface area (Å²) in [6.45, 7) is 2.00. The quantitative estimate of drug-likeness (QED) is 0.283. The Morgan fingerprint density at radius 1 is 1.15 bits per heavy atom. The second-order valence-corrected chi connectivity index (χ2v) is 6.64. The van der Waals surface area contributed by atoms with E-state index >= 15 is 0 Å². The number of nitrogens with zero attached hydrogens (tertiary/aromatic N) is 1. The molecule has 0 aliphatic heterocycles. The monoisotopic (exact) mass is 373 g/mol. The van der Waals surface area contributed by atoms with Crippen LogP contribution in [0.5, 0.6) is 0 Å². The van der Waals surface area contributed by atoms with Gasteiger partial charge in [-0.1, -0.05) is 42.5 Å². The fourth-order valence-corrected chi connectivity index (χ4v) is 3.42. The second kappa shape index (κ2) is 9.72. The third-order valence-electron chi connectivity index (χ3n) is 3.63. The van der Waals surface area contributed by atoms with Crippen LogP contribution >= 0.6 is 11.8 Å². The van der Waals surface area contributed by atoms with E-state index in [1.54, 1.807) is 43.3 Å². The van der Waals surface area contributed by atoms with Crippen molar-refractivity contribution in [2.45, 2.75) is 18.6 Å². The van der Waals surface area contributed by atoms with Crippen LogP contribution in [0.3, 0.4) is 0 Å². The Kier molecular flexibility index (Phi) is 7.35. The van der Waals surface area contributed by atoms with Crippen molar-refractivity contribution in [3.63, 3.8) is 0 Å². The third-order valence-corrected chi connectivity index (χ3v) is 4.87. The van der Waals surface area contributed by atoms with Crippen LogP contribution in [0.2, 0.25) is 0 Å². The van der Waals surface area contributed by atoms with Gasteiger partial charge in [-0.05, 0) is 12.5 Å². The smallest absolute Gasteiger partial charge is 0.315 e. The lowest BCUT2D eigenvalue weighted by Crippen LogP contribution is -2.11. The van der Waals surface area contributed by atoms with Gasteiger partial charge < -0.3 is 4.74 Å². The van der Waals surface area contributed by atoms with Gasteiger partial charge in [-0.25, -0.2) is 0 Å². The van der Waals surface area contributed by atoms with Gasteiger partial charge in [0.1, 0.15) is 0 Å². The summed E-state index contributed by atoms with van der Waals surface area (Å²) in [4.78, 5) is 34.8. The average Bonchev–Trinajstić information content (AvgIpc) is 2.66. The van der Waals surface area contributed by atoms with E-state index in [-0.39, 0.29) is 41.5 Å². The van der Waals surface area contributed by atoms with E-state index in [1.807, 2.05) is 6.07 Å². The summed E-state index contributed by atoms with van der Waals surface area (Å²) in [5, 5.41) is 10.6. The number of carbonyl (C=O) groups is 2. The topological polar surface area (TPSA) is 86.5 Å². The molecule has 0 saturated heterocycles. The standard InChI is InChI=1S/C19H19NO5S/c1-2-25-19(22)13-26-18(12-17(21)14-7-4-3-5-8-14)15-9-6-10-16(11-15)20(23)24/h3-11,18H,2,12-13H2,1H3. The van der Waals surface area contributed by atoms with Crippen LogP contribution in [-0.2, 0) is 9.53 Å². The molecule has 0 amide bonds. The number of hydrogen-bond acceptors (Lipinski definition) is 6. The van der Waals surface area contributed by atoms with Gasteiger partial charge in [-0.3, -0.25) is 19.7 Å². The highest BCUT2D eigenvalue weighted by molar-refractivity contribution is 8.00. The number of benzene rings is 2. The molecule has 0 bridgehead atoms. The number of nitro benzene ring substituents is 1. The number of non-ortho nitro benzene ring substituents is 1. The van der Waals surface area contributed by atoms with Gasteiger partial charge in [-0.15, -0.1) is 11.8 Å². The lowest BCUT2D eigenvalue weighted by atomic mass is 10.0. The summed E-state index contributed by atoms with van der Waals surface area (Å²) in [6, 6.07) is 15.0. The number of esters is 1. The molecule has 26 heavy (non-hydrogen) atoms. The van der Waals surface area contributed by atoms with Crippen molar-refractivity contribution < 1.29 is 19.2 Å². The highest BCUT2D eigenvalue weighted by atomic mass is 32.2. The van der Waals surface area contributed by atoms with Gasteiger partial charge in [0.25, 0.3) is 5.69 Å². The van der Waals surface area contributed by atoms with E-state index < -0.39 is 4.92 Å². The number of nitro groups is 1. The normalized spacial score (nSPS) is 11.6. The van der Waals surface area contributed by atoms with E-state index in [9.17, 15) is 19.7 Å². The van der Waals surface area contributed by atoms with Gasteiger partial charge in [0, 0.05) is 29.4 Å². The Labute approximate surface area is 155 Å². The molecule has 0 radical (unpaired) electrons. The third kappa shape index (κ3) is 5.70. The molecule has 2 aromatic carbocycles. The predicted octanol–water partition coefficient (Wildman–Crippen LogP) is 4.21. The van der Waals surface area contributed by atoms with Crippen LogP contribution in [0.1, 0.15) is 34.5 Å². The number of rotatable bonds is 9. The van der Waals surface area contributed by atoms with Gasteiger partial charge in [0.05, 0.1) is 17.3 Å². The lowest BCUT2D eigenvalue weighted by Gasteiger charge is -2.16. The minimum absolute atomic E-state index is 0.0450. The highest BCUT2D eigenvalue weighted by Gasteiger charge is 2.21. The Morgan fingerprint density at radius 3 is 2.54 bits per heavy atom. The molecule has 0 aromatic heterocycles. The maximum Gasteiger partial charge on any atom is 0.315 e. The van der Waals surface area contributed by atoms with Crippen molar-refractivity contribution in [1.29, 1.82) is 0 Å². The molecular formula is C19H19NO5S. The van der Waals surface area contributed by atoms with Crippen LogP contribution < -0.4 is 0 Å². The van der Waals surface area contributed by atoms with Crippen molar-refractivity contribution in [1.82, 2.24) is 0 Å². The van der Waals surface area contributed by atoms with E-state index in [0.717, 1.165) is 0 Å². The number of thioether (sulfide) groups is 1. The lowest BCUT2D eigenvalue weighted by molar-refractivity contribution is -0.384. The molecule has 0 aliphatic rings. The Morgan fingerprint density at radius 2 is 1.88 bits per heavy atom. The molecule has 1 unspecified atom stereocenters. The first kappa shape index (κ1) is 19.7. The van der Waals surface area contributed by atoms with Gasteiger partial charge in [0.2, 0.25) is 0 Å². The molecule has 0 fully saturated rings. The molecule has 6 nitrogen and oxygen atoms in total. The first-order valence-electron chi connectivity index (χ1n) is 8.11. The first-order chi connectivity index (χ1) is 12.5. The maximum absolute atomic E-state index is 12.6. The predicted molar refractivity (Wildman–Crippen MR) is 100 cm³/mol. The summed E-state index contributed by atoms with van der Waals surface area (Å²) in [5.41, 5.74) is 1.16. The Bertz CT molecular complexity index is 779. The van der Waals surface area contributed by atoms with Crippen LogP contribution in [0.15, 0.2) is 54.6 Å². The zero-order chi connectivity index (χ0) is 18.9. The van der Waals surface area contributed by atoms with Crippen molar-refractivity contribution in [2.75, 3.05) is 12.4 Å². The molecule has 7 heteroatoms. The molecule has 0 heterocycles. The molecule has 136 valence electrons. The summed E-state index contributed by atoms with van der Waals surface area (Å²) < 4.78 is 4.93. The largest absolute Gasteiger partial charge is 0.465 e. The van der Waals surface area contributed by atoms with E-state index in [2.05, 4.69) is 0 Å². The molecule has 0 aliphatic carbocycles. The summed E-state index contributed by atoms with van der Waals surface area (Å²) in [6.07, 6.45) is 0.134. The minimum Gasteiger partial charge on any atom is -0.465 e. The Hall–Kier alpha value is -2.67. The van der Waals surface area contributed by atoms with Crippen LogP contribution in [0, 0.1) is 10.1 Å². The number of ketones is 1. The summed E-state index contributed by atoms with van der Waals surface area (Å²) >= 11 is 1.25. The highest BCUT2D eigenvalue weighted by Crippen LogP contribution is 2.35. The van der Waals surface area contributed by atoms with Crippen LogP contribution in [0.25, 0.3) is 0 Å². The number of ether oxygens (including phenoxy) is 1. The van der Waals surface area contributed by atoms with Gasteiger partial charge >= 0.3 is 5.97 Å². The second-order valence-electron chi connectivity index (χ2n) is 5.45. The van der Waals surface area contributed by atoms with E-state index in [0.29, 0.717) is 11.1 Å². The fourth-order valence-electron chi connectivity index (χ4n) is 2.39. The average molecular weight is 373 g/mol. The van der Waals surface area contributed by atoms with Crippen molar-refractivity contribution in [3.05, 3.63) is 75.8 Å². The molecule has 2 rings (SSSR count). The van der Waals surface area contributed by atoms with Gasteiger partial charge in [-0.2, -0.15) is 0 Å². The number of Topliss-reactive ketones (excluding diaryl/α,β-unsaturated/α-hetero) is 1. The molecule has 2 aromatic rings. The number of carbonyl (C=O) groups excluding carboxylic acids is 2. The van der Waals surface area contributed by atoms with Crippen molar-refractivity contribution in [3.8, 4) is 0 Å². The van der Waals surface area contributed by atoms with E-state index in [1.165, 1.54) is 23.9 Å². The zero-order valence-corrected chi connectivity index (χ0v) is 15.1. The molecule has 0 spiro atoms. The van der Waals surface area contributed by atoms with Crippen molar-refractivity contribution in [2.24, 2.45) is 0 Å². The maximum atomic E-state index is 12.6. The molecule has 1 atom stereocenters. The first-order valence-corrected chi connectivity index (χ1v) is 9.16. The molecule has 0 N–H and O–H groups in total. The SMILES string of the molecule is CCOC(=O)CSC(CC(=O)c1ccccc1)c1cccc([N+](=O)[O-])c1. The molecule has 0 saturated carbocycles. The van der Waals surface area contributed by atoms with Gasteiger partial charge in [0.15, 0.2) is 5.78 Å². The van der Waals surface area contributed by atoms with Crippen LogP contribution in [-0.4, -0.2) is 29.0 Å². The minimum atomic E-state index is -0.477. The van der Waals surface area contributed by atoms with Crippen molar-refractivity contribution >= 4 is 29.2 Å². The van der Waals surface area contributed by atoms with Crippen LogP contribution in [0.4, 0.5) is 5.69 Å². The summed E-state index contributed by atoms with van der Waals surface area (Å²) in [5.74, 6) is -0.387. The Balaban J connectivity index is 2.21. The summed E-state index contributed by atoms with van der Waals surface area (Å²) in [7, 11) is 0. The fraction of sp³-hybridized carbons (Fsp3) is 0.263. The zero-order valence-electron chi connectivity index (χ0n) is 14.3. The molecular weight excluding hydrogens is 354 g/mol. The number of hydrogen-bond donors (Lipinski definition) is 0.